The maximum absolute atomic E-state index is 14.8. The molecule has 1 aromatic carbocycles. The van der Waals surface area contributed by atoms with Gasteiger partial charge in [-0.25, -0.2) is 19.3 Å². The molecule has 5 heterocycles. The summed E-state index contributed by atoms with van der Waals surface area (Å²) >= 11 is 0. The summed E-state index contributed by atoms with van der Waals surface area (Å²) in [6, 6.07) is 10.2. The van der Waals surface area contributed by atoms with Gasteiger partial charge in [0.15, 0.2) is 0 Å². The normalized spacial score (nSPS) is 13.7. The second-order valence-electron chi connectivity index (χ2n) is 10.4. The van der Waals surface area contributed by atoms with E-state index in [0.717, 1.165) is 38.8 Å². The van der Waals surface area contributed by atoms with Crippen LogP contribution in [0, 0.1) is 19.7 Å². The van der Waals surface area contributed by atoms with Crippen LogP contribution in [-0.2, 0) is 13.1 Å². The summed E-state index contributed by atoms with van der Waals surface area (Å²) in [5, 5.41) is 6.00. The van der Waals surface area contributed by atoms with Crippen LogP contribution in [0.15, 0.2) is 61.3 Å². The number of nitrogens with two attached hydrogens (primary N) is 1. The first kappa shape index (κ1) is 22.7. The molecule has 5 aromatic heterocycles. The molecule has 0 bridgehead atoms. The number of anilines is 2. The van der Waals surface area contributed by atoms with E-state index in [-0.39, 0.29) is 5.82 Å². The van der Waals surface area contributed by atoms with E-state index in [1.807, 2.05) is 22.9 Å². The fourth-order valence-corrected chi connectivity index (χ4v) is 5.52. The number of halogens is 1. The zero-order chi connectivity index (χ0) is 26.0. The number of pyridine rings is 3. The number of imidazole rings is 1. The maximum Gasteiger partial charge on any atom is 0.150 e. The van der Waals surface area contributed by atoms with Crippen molar-refractivity contribution in [3.63, 3.8) is 0 Å². The fraction of sp³-hybridized carbons (Fsp3) is 0.233. The SMILES string of the molecule is Cc1cc2c(N)nccc2c(C)c1CNc1cc2c(cn1)c(F)cn2Cc1cn2cc(C3CC3)ccc2n1. The van der Waals surface area contributed by atoms with Gasteiger partial charge in [-0.3, -0.25) is 0 Å². The summed E-state index contributed by atoms with van der Waals surface area (Å²) in [6.07, 6.45) is 11.6. The Labute approximate surface area is 219 Å². The Bertz CT molecular complexity index is 1860. The van der Waals surface area contributed by atoms with Crippen molar-refractivity contribution in [3.05, 3.63) is 95.1 Å². The molecule has 7 nitrogen and oxygen atoms in total. The van der Waals surface area contributed by atoms with Gasteiger partial charge in [0.05, 0.1) is 23.1 Å². The lowest BCUT2D eigenvalue weighted by atomic mass is 9.96. The minimum Gasteiger partial charge on any atom is -0.383 e. The second-order valence-corrected chi connectivity index (χ2v) is 10.4. The number of fused-ring (bicyclic) bond motifs is 3. The Hall–Kier alpha value is -4.46. The number of hydrogen-bond donors (Lipinski definition) is 2. The van der Waals surface area contributed by atoms with Crippen molar-refractivity contribution in [1.82, 2.24) is 23.9 Å². The quantitative estimate of drug-likeness (QED) is 0.285. The standard InChI is InChI=1S/C30H28FN7/c1-17-9-23-22(7-8-33-30(23)32)18(2)24(17)11-34-28-10-27-25(12-35-28)26(31)16-37(27)14-21-15-38-13-20(19-3-4-19)5-6-29(38)36-21/h5-10,12-13,15-16,19H,3-4,11,14H2,1-2H3,(H2,32,33)(H,34,35). The largest absolute Gasteiger partial charge is 0.383 e. The number of aromatic nitrogens is 5. The van der Waals surface area contributed by atoms with Gasteiger partial charge in [-0.2, -0.15) is 0 Å². The van der Waals surface area contributed by atoms with Crippen LogP contribution in [0.1, 0.15) is 46.7 Å². The molecular formula is C30H28FN7. The van der Waals surface area contributed by atoms with E-state index in [4.69, 9.17) is 10.7 Å². The van der Waals surface area contributed by atoms with Gasteiger partial charge in [-0.1, -0.05) is 6.07 Å². The molecule has 190 valence electrons. The Morgan fingerprint density at radius 1 is 1.03 bits per heavy atom. The highest BCUT2D eigenvalue weighted by molar-refractivity contribution is 5.94. The molecule has 1 aliphatic rings. The monoisotopic (exact) mass is 505 g/mol. The molecule has 1 saturated carbocycles. The molecule has 1 aliphatic carbocycles. The van der Waals surface area contributed by atoms with Crippen molar-refractivity contribution < 1.29 is 4.39 Å². The molecule has 0 amide bonds. The van der Waals surface area contributed by atoms with Crippen LogP contribution in [0.3, 0.4) is 0 Å². The Kier molecular flexibility index (Phi) is 5.11. The van der Waals surface area contributed by atoms with E-state index < -0.39 is 0 Å². The lowest BCUT2D eigenvalue weighted by Crippen LogP contribution is -2.06. The van der Waals surface area contributed by atoms with Crippen molar-refractivity contribution in [1.29, 1.82) is 0 Å². The first-order valence-electron chi connectivity index (χ1n) is 12.9. The van der Waals surface area contributed by atoms with Crippen LogP contribution in [0.2, 0.25) is 0 Å². The highest BCUT2D eigenvalue weighted by Crippen LogP contribution is 2.40. The molecule has 1 fully saturated rings. The lowest BCUT2D eigenvalue weighted by Gasteiger charge is -2.15. The van der Waals surface area contributed by atoms with E-state index in [2.05, 4.69) is 57.9 Å². The van der Waals surface area contributed by atoms with E-state index in [9.17, 15) is 4.39 Å². The third kappa shape index (κ3) is 3.84. The van der Waals surface area contributed by atoms with Crippen molar-refractivity contribution in [2.75, 3.05) is 11.1 Å². The van der Waals surface area contributed by atoms with Crippen LogP contribution >= 0.6 is 0 Å². The summed E-state index contributed by atoms with van der Waals surface area (Å²) in [7, 11) is 0. The summed E-state index contributed by atoms with van der Waals surface area (Å²) in [5.74, 6) is 1.63. The van der Waals surface area contributed by atoms with Gasteiger partial charge in [0, 0.05) is 49.0 Å². The molecule has 38 heavy (non-hydrogen) atoms. The number of aryl methyl sites for hydroxylation is 2. The number of benzene rings is 1. The van der Waals surface area contributed by atoms with Crippen LogP contribution < -0.4 is 11.1 Å². The zero-order valence-electron chi connectivity index (χ0n) is 21.4. The molecular weight excluding hydrogens is 477 g/mol. The molecule has 0 aliphatic heterocycles. The number of nitrogens with one attached hydrogen (secondary N) is 1. The van der Waals surface area contributed by atoms with Crippen LogP contribution in [0.4, 0.5) is 16.0 Å². The van der Waals surface area contributed by atoms with Crippen LogP contribution in [0.5, 0.6) is 0 Å². The van der Waals surface area contributed by atoms with E-state index >= 15 is 0 Å². The van der Waals surface area contributed by atoms with Crippen molar-refractivity contribution in [2.45, 2.75) is 45.7 Å². The lowest BCUT2D eigenvalue weighted by molar-refractivity contribution is 0.628. The molecule has 0 spiro atoms. The predicted octanol–water partition coefficient (Wildman–Crippen LogP) is 6.11. The molecule has 3 N–H and O–H groups in total. The Morgan fingerprint density at radius 2 is 1.89 bits per heavy atom. The molecule has 0 unspecified atom stereocenters. The topological polar surface area (TPSA) is 86.1 Å². The number of nitrogen functional groups attached to an aromatic ring is 1. The Morgan fingerprint density at radius 3 is 2.74 bits per heavy atom. The van der Waals surface area contributed by atoms with Gasteiger partial charge in [0.2, 0.25) is 0 Å². The summed E-state index contributed by atoms with van der Waals surface area (Å²) in [4.78, 5) is 13.5. The molecule has 0 saturated heterocycles. The van der Waals surface area contributed by atoms with E-state index in [1.165, 1.54) is 30.2 Å². The van der Waals surface area contributed by atoms with Crippen molar-refractivity contribution in [3.8, 4) is 0 Å². The Balaban J connectivity index is 1.17. The van der Waals surface area contributed by atoms with Gasteiger partial charge in [0.25, 0.3) is 0 Å². The first-order valence-corrected chi connectivity index (χ1v) is 12.9. The summed E-state index contributed by atoms with van der Waals surface area (Å²) in [6.45, 7) is 5.25. The third-order valence-electron chi connectivity index (χ3n) is 7.78. The molecule has 8 heteroatoms. The van der Waals surface area contributed by atoms with Gasteiger partial charge < -0.3 is 20.0 Å². The molecule has 7 rings (SSSR count). The third-order valence-corrected chi connectivity index (χ3v) is 7.78. The minimum absolute atomic E-state index is 0.286. The molecule has 0 radical (unpaired) electrons. The smallest absolute Gasteiger partial charge is 0.150 e. The minimum atomic E-state index is -0.286. The molecule has 6 aromatic rings. The van der Waals surface area contributed by atoms with E-state index in [0.29, 0.717) is 36.0 Å². The number of rotatable bonds is 6. The van der Waals surface area contributed by atoms with E-state index in [1.54, 1.807) is 12.4 Å². The number of nitrogens with zero attached hydrogens (tertiary/aromatic N) is 5. The highest BCUT2D eigenvalue weighted by Gasteiger charge is 2.24. The zero-order valence-corrected chi connectivity index (χ0v) is 21.4. The van der Waals surface area contributed by atoms with Gasteiger partial charge >= 0.3 is 0 Å². The second kappa shape index (κ2) is 8.55. The van der Waals surface area contributed by atoms with Gasteiger partial charge in [0.1, 0.15) is 23.1 Å². The highest BCUT2D eigenvalue weighted by atomic mass is 19.1. The number of hydrogen-bond acceptors (Lipinski definition) is 5. The van der Waals surface area contributed by atoms with Crippen LogP contribution in [0.25, 0.3) is 27.3 Å². The van der Waals surface area contributed by atoms with Crippen molar-refractivity contribution >= 4 is 39.0 Å². The molecule has 0 atom stereocenters. The van der Waals surface area contributed by atoms with Gasteiger partial charge in [-0.05, 0) is 78.4 Å². The fourth-order valence-electron chi connectivity index (χ4n) is 5.52. The van der Waals surface area contributed by atoms with Crippen molar-refractivity contribution in [2.24, 2.45) is 0 Å². The summed E-state index contributed by atoms with van der Waals surface area (Å²) < 4.78 is 18.8. The van der Waals surface area contributed by atoms with Crippen LogP contribution in [-0.4, -0.2) is 23.9 Å². The summed E-state index contributed by atoms with van der Waals surface area (Å²) in [5.41, 5.74) is 13.5. The average Bonchev–Trinajstić information content (AvgIpc) is 3.61. The first-order chi connectivity index (χ1) is 18.4. The maximum atomic E-state index is 14.8. The van der Waals surface area contributed by atoms with Gasteiger partial charge in [-0.15, -0.1) is 0 Å². The average molecular weight is 506 g/mol. The predicted molar refractivity (Wildman–Crippen MR) is 149 cm³/mol.